The number of rotatable bonds is 5. The van der Waals surface area contributed by atoms with Crippen LogP contribution >= 0.6 is 0 Å². The van der Waals surface area contributed by atoms with Crippen molar-refractivity contribution in [2.45, 2.75) is 34.1 Å². The maximum Gasteiger partial charge on any atom is 0.0494 e. The highest BCUT2D eigenvalue weighted by molar-refractivity contribution is 4.58. The highest BCUT2D eigenvalue weighted by Gasteiger charge is 2.08. The van der Waals surface area contributed by atoms with Crippen LogP contribution in [-0.4, -0.2) is 13.2 Å². The van der Waals surface area contributed by atoms with E-state index in [9.17, 15) is 0 Å². The van der Waals surface area contributed by atoms with E-state index in [2.05, 4.69) is 20.8 Å². The molecular formula is C9H20O. The van der Waals surface area contributed by atoms with Crippen LogP contribution in [0.15, 0.2) is 0 Å². The predicted molar refractivity (Wildman–Crippen MR) is 45.1 cm³/mol. The average Bonchev–Trinajstić information content (AvgIpc) is 1.98. The van der Waals surface area contributed by atoms with Crippen molar-refractivity contribution in [1.82, 2.24) is 0 Å². The minimum absolute atomic E-state index is 0.713. The SMILES string of the molecule is CCOCC(C)C(C)CC. The first-order valence-electron chi connectivity index (χ1n) is 4.30. The van der Waals surface area contributed by atoms with Crippen LogP contribution in [0.1, 0.15) is 34.1 Å². The van der Waals surface area contributed by atoms with Gasteiger partial charge in [-0.05, 0) is 18.8 Å². The largest absolute Gasteiger partial charge is 0.381 e. The molecule has 0 amide bonds. The Morgan fingerprint density at radius 3 is 2.10 bits per heavy atom. The standard InChI is InChI=1S/C9H20O/c1-5-8(3)9(4)7-10-6-2/h8-9H,5-7H2,1-4H3. The zero-order chi connectivity index (χ0) is 7.98. The van der Waals surface area contributed by atoms with Gasteiger partial charge in [0.15, 0.2) is 0 Å². The Hall–Kier alpha value is -0.0400. The predicted octanol–water partition coefficient (Wildman–Crippen LogP) is 2.71. The van der Waals surface area contributed by atoms with Crippen LogP contribution in [0.2, 0.25) is 0 Å². The molecule has 0 aliphatic heterocycles. The van der Waals surface area contributed by atoms with Gasteiger partial charge >= 0.3 is 0 Å². The van der Waals surface area contributed by atoms with E-state index < -0.39 is 0 Å². The Labute approximate surface area is 64.8 Å². The molecular weight excluding hydrogens is 124 g/mol. The van der Waals surface area contributed by atoms with Gasteiger partial charge in [-0.15, -0.1) is 0 Å². The smallest absolute Gasteiger partial charge is 0.0494 e. The monoisotopic (exact) mass is 144 g/mol. The van der Waals surface area contributed by atoms with Crippen molar-refractivity contribution < 1.29 is 4.74 Å². The molecule has 0 aromatic rings. The topological polar surface area (TPSA) is 9.23 Å². The summed E-state index contributed by atoms with van der Waals surface area (Å²) in [5.41, 5.74) is 0. The summed E-state index contributed by atoms with van der Waals surface area (Å²) in [7, 11) is 0. The molecule has 2 unspecified atom stereocenters. The van der Waals surface area contributed by atoms with E-state index in [1.807, 2.05) is 6.92 Å². The van der Waals surface area contributed by atoms with Gasteiger partial charge in [0.05, 0.1) is 0 Å². The third-order valence-electron chi connectivity index (χ3n) is 2.20. The quantitative estimate of drug-likeness (QED) is 0.576. The Balaban J connectivity index is 3.31. The van der Waals surface area contributed by atoms with E-state index in [1.165, 1.54) is 6.42 Å². The summed E-state index contributed by atoms with van der Waals surface area (Å²) in [6, 6.07) is 0. The van der Waals surface area contributed by atoms with Crippen LogP contribution < -0.4 is 0 Å². The van der Waals surface area contributed by atoms with Gasteiger partial charge in [0.1, 0.15) is 0 Å². The molecule has 0 fully saturated rings. The zero-order valence-corrected chi connectivity index (χ0v) is 7.68. The third kappa shape index (κ3) is 3.89. The molecule has 0 N–H and O–H groups in total. The second-order valence-corrected chi connectivity index (χ2v) is 3.02. The molecule has 0 radical (unpaired) electrons. The van der Waals surface area contributed by atoms with Gasteiger partial charge in [-0.3, -0.25) is 0 Å². The van der Waals surface area contributed by atoms with Gasteiger partial charge in [-0.1, -0.05) is 27.2 Å². The van der Waals surface area contributed by atoms with Crippen molar-refractivity contribution in [1.29, 1.82) is 0 Å². The van der Waals surface area contributed by atoms with Crippen molar-refractivity contribution in [2.75, 3.05) is 13.2 Å². The van der Waals surface area contributed by atoms with Gasteiger partial charge < -0.3 is 4.74 Å². The minimum atomic E-state index is 0.713. The third-order valence-corrected chi connectivity index (χ3v) is 2.20. The molecule has 1 heteroatoms. The van der Waals surface area contributed by atoms with E-state index in [0.717, 1.165) is 19.1 Å². The molecule has 1 nitrogen and oxygen atoms in total. The highest BCUT2D eigenvalue weighted by Crippen LogP contribution is 2.14. The van der Waals surface area contributed by atoms with Crippen LogP contribution in [0, 0.1) is 11.8 Å². The fourth-order valence-electron chi connectivity index (χ4n) is 0.870. The summed E-state index contributed by atoms with van der Waals surface area (Å²) >= 11 is 0. The summed E-state index contributed by atoms with van der Waals surface area (Å²) in [6.07, 6.45) is 1.26. The lowest BCUT2D eigenvalue weighted by atomic mass is 9.95. The molecule has 0 aliphatic rings. The van der Waals surface area contributed by atoms with Crippen molar-refractivity contribution in [3.05, 3.63) is 0 Å². The average molecular weight is 144 g/mol. The molecule has 0 bridgehead atoms. The van der Waals surface area contributed by atoms with Gasteiger partial charge in [0.25, 0.3) is 0 Å². The first-order valence-corrected chi connectivity index (χ1v) is 4.30. The molecule has 62 valence electrons. The van der Waals surface area contributed by atoms with Crippen LogP contribution in [0.25, 0.3) is 0 Å². The molecule has 0 aliphatic carbocycles. The molecule has 0 heterocycles. The molecule has 0 rings (SSSR count). The van der Waals surface area contributed by atoms with Crippen molar-refractivity contribution in [3.63, 3.8) is 0 Å². The number of hydrogen-bond donors (Lipinski definition) is 0. The first-order chi connectivity index (χ1) is 4.72. The van der Waals surface area contributed by atoms with E-state index >= 15 is 0 Å². The molecule has 2 atom stereocenters. The van der Waals surface area contributed by atoms with Crippen LogP contribution in [-0.2, 0) is 4.74 Å². The lowest BCUT2D eigenvalue weighted by Gasteiger charge is -2.17. The van der Waals surface area contributed by atoms with E-state index in [1.54, 1.807) is 0 Å². The van der Waals surface area contributed by atoms with Crippen LogP contribution in [0.5, 0.6) is 0 Å². The lowest BCUT2D eigenvalue weighted by Crippen LogP contribution is -2.13. The second-order valence-electron chi connectivity index (χ2n) is 3.02. The first kappa shape index (κ1) is 9.96. The summed E-state index contributed by atoms with van der Waals surface area (Å²) in [5, 5.41) is 0. The van der Waals surface area contributed by atoms with Gasteiger partial charge in [-0.2, -0.15) is 0 Å². The summed E-state index contributed by atoms with van der Waals surface area (Å²) in [5.74, 6) is 1.51. The molecule has 0 aromatic carbocycles. The van der Waals surface area contributed by atoms with Gasteiger partial charge in [-0.25, -0.2) is 0 Å². The van der Waals surface area contributed by atoms with E-state index in [-0.39, 0.29) is 0 Å². The fraction of sp³-hybridized carbons (Fsp3) is 1.00. The van der Waals surface area contributed by atoms with Crippen LogP contribution in [0.3, 0.4) is 0 Å². The second kappa shape index (κ2) is 5.72. The lowest BCUT2D eigenvalue weighted by molar-refractivity contribution is 0.0957. The molecule has 10 heavy (non-hydrogen) atoms. The Bertz CT molecular complexity index is 71.1. The van der Waals surface area contributed by atoms with Crippen LogP contribution in [0.4, 0.5) is 0 Å². The van der Waals surface area contributed by atoms with Crippen molar-refractivity contribution in [2.24, 2.45) is 11.8 Å². The Morgan fingerprint density at radius 2 is 1.70 bits per heavy atom. The normalized spacial score (nSPS) is 16.8. The summed E-state index contributed by atoms with van der Waals surface area (Å²) in [4.78, 5) is 0. The van der Waals surface area contributed by atoms with E-state index in [4.69, 9.17) is 4.74 Å². The fourth-order valence-corrected chi connectivity index (χ4v) is 0.870. The minimum Gasteiger partial charge on any atom is -0.381 e. The molecule has 0 aromatic heterocycles. The zero-order valence-electron chi connectivity index (χ0n) is 7.68. The maximum absolute atomic E-state index is 5.32. The number of hydrogen-bond acceptors (Lipinski definition) is 1. The maximum atomic E-state index is 5.32. The molecule has 0 saturated carbocycles. The molecule has 0 spiro atoms. The Kier molecular flexibility index (Phi) is 5.70. The van der Waals surface area contributed by atoms with E-state index in [0.29, 0.717) is 5.92 Å². The number of ether oxygens (including phenoxy) is 1. The molecule has 0 saturated heterocycles. The Morgan fingerprint density at radius 1 is 1.10 bits per heavy atom. The van der Waals surface area contributed by atoms with Crippen molar-refractivity contribution in [3.8, 4) is 0 Å². The van der Waals surface area contributed by atoms with Gasteiger partial charge in [0.2, 0.25) is 0 Å². The summed E-state index contributed by atoms with van der Waals surface area (Å²) < 4.78 is 5.32. The van der Waals surface area contributed by atoms with Crippen molar-refractivity contribution >= 4 is 0 Å². The summed E-state index contributed by atoms with van der Waals surface area (Å²) in [6.45, 7) is 10.6. The van der Waals surface area contributed by atoms with Gasteiger partial charge in [0, 0.05) is 13.2 Å². The highest BCUT2D eigenvalue weighted by atomic mass is 16.5.